The largest absolute Gasteiger partial charge is 0.282 e. The van der Waals surface area contributed by atoms with Crippen molar-refractivity contribution in [3.05, 3.63) is 54.1 Å². The van der Waals surface area contributed by atoms with Crippen LogP contribution in [0.1, 0.15) is 31.4 Å². The summed E-state index contributed by atoms with van der Waals surface area (Å²) >= 11 is 1.35. The van der Waals surface area contributed by atoms with Crippen LogP contribution in [0.3, 0.4) is 0 Å². The molecule has 1 aliphatic carbocycles. The van der Waals surface area contributed by atoms with Gasteiger partial charge in [0.05, 0.1) is 22.5 Å². The maximum absolute atomic E-state index is 13.5. The van der Waals surface area contributed by atoms with Gasteiger partial charge in [0, 0.05) is 12.1 Å². The first-order valence-electron chi connectivity index (χ1n) is 8.48. The van der Waals surface area contributed by atoms with Gasteiger partial charge in [-0.15, -0.1) is 0 Å². The third-order valence-corrected chi connectivity index (χ3v) is 5.63. The maximum atomic E-state index is 13.5. The molecule has 3 aromatic rings. The number of pyridine rings is 1. The van der Waals surface area contributed by atoms with Crippen molar-refractivity contribution < 1.29 is 9.18 Å². The second kappa shape index (κ2) is 6.88. The first kappa shape index (κ1) is 16.1. The lowest BCUT2D eigenvalue weighted by molar-refractivity contribution is -0.122. The smallest absolute Gasteiger partial charge is 0.232 e. The number of rotatable bonds is 4. The van der Waals surface area contributed by atoms with E-state index < -0.39 is 0 Å². The number of aromatic nitrogens is 2. The van der Waals surface area contributed by atoms with E-state index in [4.69, 9.17) is 0 Å². The van der Waals surface area contributed by atoms with Crippen molar-refractivity contribution in [3.63, 3.8) is 0 Å². The molecule has 4 rings (SSSR count). The molecule has 0 unspecified atom stereocenters. The quantitative estimate of drug-likeness (QED) is 0.689. The summed E-state index contributed by atoms with van der Waals surface area (Å²) < 4.78 is 14.2. The summed E-state index contributed by atoms with van der Waals surface area (Å²) in [5.41, 5.74) is 1.53. The van der Waals surface area contributed by atoms with Gasteiger partial charge in [-0.3, -0.25) is 14.7 Å². The number of carbonyl (C=O) groups excluding carboxylic acids is 1. The van der Waals surface area contributed by atoms with E-state index in [1.54, 1.807) is 17.2 Å². The van der Waals surface area contributed by atoms with E-state index in [2.05, 4.69) is 9.97 Å². The maximum Gasteiger partial charge on any atom is 0.232 e. The molecule has 0 bridgehead atoms. The number of anilines is 1. The SMILES string of the molecule is O=C(C1CCCC1)N(Cc1ccccn1)c1nc2ccc(F)cc2s1. The van der Waals surface area contributed by atoms with Gasteiger partial charge in [-0.2, -0.15) is 0 Å². The van der Waals surface area contributed by atoms with Crippen LogP contribution >= 0.6 is 11.3 Å². The van der Waals surface area contributed by atoms with Crippen molar-refractivity contribution in [2.24, 2.45) is 5.92 Å². The monoisotopic (exact) mass is 355 g/mol. The minimum Gasteiger partial charge on any atom is -0.282 e. The van der Waals surface area contributed by atoms with Gasteiger partial charge in [-0.1, -0.05) is 30.2 Å². The Morgan fingerprint density at radius 3 is 2.84 bits per heavy atom. The number of halogens is 1. The highest BCUT2D eigenvalue weighted by molar-refractivity contribution is 7.22. The molecule has 0 N–H and O–H groups in total. The van der Waals surface area contributed by atoms with Crippen molar-refractivity contribution in [3.8, 4) is 0 Å². The second-order valence-corrected chi connectivity index (χ2v) is 7.34. The summed E-state index contributed by atoms with van der Waals surface area (Å²) in [5, 5.41) is 0.614. The lowest BCUT2D eigenvalue weighted by atomic mass is 10.1. The Kier molecular flexibility index (Phi) is 4.44. The normalized spacial score (nSPS) is 14.9. The van der Waals surface area contributed by atoms with Crippen molar-refractivity contribution in [1.82, 2.24) is 9.97 Å². The molecule has 2 aromatic heterocycles. The fraction of sp³-hybridized carbons (Fsp3) is 0.316. The van der Waals surface area contributed by atoms with Crippen LogP contribution in [0.4, 0.5) is 9.52 Å². The molecule has 128 valence electrons. The van der Waals surface area contributed by atoms with Gasteiger partial charge in [-0.05, 0) is 43.2 Å². The molecule has 2 heterocycles. The van der Waals surface area contributed by atoms with Gasteiger partial charge in [-0.25, -0.2) is 9.37 Å². The van der Waals surface area contributed by atoms with Crippen LogP contribution in [0, 0.1) is 11.7 Å². The Labute approximate surface area is 149 Å². The molecule has 0 radical (unpaired) electrons. The highest BCUT2D eigenvalue weighted by Crippen LogP contribution is 2.34. The zero-order valence-corrected chi connectivity index (χ0v) is 14.5. The van der Waals surface area contributed by atoms with E-state index in [0.29, 0.717) is 17.2 Å². The van der Waals surface area contributed by atoms with Crippen LogP contribution in [0.15, 0.2) is 42.6 Å². The van der Waals surface area contributed by atoms with E-state index in [-0.39, 0.29) is 17.6 Å². The van der Waals surface area contributed by atoms with Crippen molar-refractivity contribution in [2.45, 2.75) is 32.2 Å². The zero-order chi connectivity index (χ0) is 17.2. The molecule has 1 saturated carbocycles. The summed E-state index contributed by atoms with van der Waals surface area (Å²) in [6, 6.07) is 10.2. The van der Waals surface area contributed by atoms with Crippen LogP contribution in [0.2, 0.25) is 0 Å². The first-order valence-corrected chi connectivity index (χ1v) is 9.30. The Morgan fingerprint density at radius 1 is 1.24 bits per heavy atom. The van der Waals surface area contributed by atoms with Crippen LogP contribution in [0.25, 0.3) is 10.2 Å². The summed E-state index contributed by atoms with van der Waals surface area (Å²) in [6.45, 7) is 0.387. The Hall–Kier alpha value is -2.34. The third kappa shape index (κ3) is 3.39. The topological polar surface area (TPSA) is 46.1 Å². The van der Waals surface area contributed by atoms with Gasteiger partial charge in [0.1, 0.15) is 5.82 Å². The highest BCUT2D eigenvalue weighted by Gasteiger charge is 2.30. The molecule has 1 fully saturated rings. The molecular weight excluding hydrogens is 337 g/mol. The number of nitrogens with zero attached hydrogens (tertiary/aromatic N) is 3. The minimum atomic E-state index is -0.291. The third-order valence-electron chi connectivity index (χ3n) is 4.59. The Bertz CT molecular complexity index is 890. The van der Waals surface area contributed by atoms with Crippen LogP contribution in [-0.4, -0.2) is 15.9 Å². The number of fused-ring (bicyclic) bond motifs is 1. The molecule has 0 aliphatic heterocycles. The van der Waals surface area contributed by atoms with E-state index in [1.165, 1.54) is 23.5 Å². The standard InChI is InChI=1S/C19H18FN3OS/c20-14-8-9-16-17(11-14)25-19(22-16)23(12-15-7-3-4-10-21-15)18(24)13-5-1-2-6-13/h3-4,7-11,13H,1-2,5-6,12H2. The van der Waals surface area contributed by atoms with Gasteiger partial charge in [0.25, 0.3) is 0 Å². The van der Waals surface area contributed by atoms with Crippen LogP contribution in [-0.2, 0) is 11.3 Å². The van der Waals surface area contributed by atoms with Crippen LogP contribution < -0.4 is 4.90 Å². The molecule has 0 saturated heterocycles. The summed E-state index contributed by atoms with van der Waals surface area (Å²) in [7, 11) is 0. The average molecular weight is 355 g/mol. The van der Waals surface area contributed by atoms with E-state index >= 15 is 0 Å². The van der Waals surface area contributed by atoms with E-state index in [0.717, 1.165) is 36.1 Å². The predicted molar refractivity (Wildman–Crippen MR) is 97.0 cm³/mol. The molecule has 0 atom stereocenters. The molecule has 1 aliphatic rings. The summed E-state index contributed by atoms with van der Waals surface area (Å²) in [4.78, 5) is 23.7. The average Bonchev–Trinajstić information content (AvgIpc) is 3.29. The molecule has 0 spiro atoms. The fourth-order valence-electron chi connectivity index (χ4n) is 3.29. The fourth-order valence-corrected chi connectivity index (χ4v) is 4.28. The molecular formula is C19H18FN3OS. The molecule has 25 heavy (non-hydrogen) atoms. The molecule has 6 heteroatoms. The number of carbonyl (C=O) groups is 1. The Morgan fingerprint density at radius 2 is 2.08 bits per heavy atom. The molecule has 1 aromatic carbocycles. The lowest BCUT2D eigenvalue weighted by Gasteiger charge is -2.22. The van der Waals surface area contributed by atoms with Crippen molar-refractivity contribution in [2.75, 3.05) is 4.90 Å². The van der Waals surface area contributed by atoms with Gasteiger partial charge >= 0.3 is 0 Å². The number of amides is 1. The zero-order valence-electron chi connectivity index (χ0n) is 13.7. The Balaban J connectivity index is 1.71. The predicted octanol–water partition coefficient (Wildman–Crippen LogP) is 4.55. The number of hydrogen-bond acceptors (Lipinski definition) is 4. The summed E-state index contributed by atoms with van der Waals surface area (Å²) in [6.07, 6.45) is 5.77. The van der Waals surface area contributed by atoms with Gasteiger partial charge in [0.2, 0.25) is 5.91 Å². The minimum absolute atomic E-state index is 0.0486. The van der Waals surface area contributed by atoms with E-state index in [1.807, 2.05) is 18.2 Å². The van der Waals surface area contributed by atoms with Crippen molar-refractivity contribution in [1.29, 1.82) is 0 Å². The highest BCUT2D eigenvalue weighted by atomic mass is 32.1. The first-order chi connectivity index (χ1) is 12.2. The molecule has 1 amide bonds. The summed E-state index contributed by atoms with van der Waals surface area (Å²) in [5.74, 6) is -0.142. The number of hydrogen-bond donors (Lipinski definition) is 0. The lowest BCUT2D eigenvalue weighted by Crippen LogP contribution is -2.35. The second-order valence-electron chi connectivity index (χ2n) is 6.34. The number of thiazole rings is 1. The van der Waals surface area contributed by atoms with Gasteiger partial charge in [0.15, 0.2) is 5.13 Å². The number of benzene rings is 1. The molecule has 4 nitrogen and oxygen atoms in total. The van der Waals surface area contributed by atoms with Gasteiger partial charge < -0.3 is 0 Å². The van der Waals surface area contributed by atoms with Crippen molar-refractivity contribution >= 4 is 32.6 Å². The van der Waals surface area contributed by atoms with Crippen LogP contribution in [0.5, 0.6) is 0 Å². The van der Waals surface area contributed by atoms with E-state index in [9.17, 15) is 9.18 Å².